The maximum Gasteiger partial charge on any atom is 0.247 e. The Balaban J connectivity index is 1.68. The van der Waals surface area contributed by atoms with Crippen LogP contribution < -0.4 is 5.56 Å². The van der Waals surface area contributed by atoms with E-state index >= 15 is 0 Å². The van der Waals surface area contributed by atoms with Gasteiger partial charge in [-0.25, -0.2) is 8.42 Å². The van der Waals surface area contributed by atoms with Gasteiger partial charge in [0, 0.05) is 31.4 Å². The lowest BCUT2D eigenvalue weighted by atomic mass is 10.1. The van der Waals surface area contributed by atoms with Crippen LogP contribution in [0.3, 0.4) is 0 Å². The molecule has 3 rings (SSSR count). The number of likely N-dealkylation sites (tertiary alicyclic amines) is 1. The molecule has 21 heavy (non-hydrogen) atoms. The first-order chi connectivity index (χ1) is 10.1. The van der Waals surface area contributed by atoms with Crippen molar-refractivity contribution >= 4 is 10.0 Å². The third-order valence-electron chi connectivity index (χ3n) is 4.47. The molecule has 0 atom stereocenters. The highest BCUT2D eigenvalue weighted by atomic mass is 32.2. The summed E-state index contributed by atoms with van der Waals surface area (Å²) >= 11 is 0. The zero-order valence-electron chi connectivity index (χ0n) is 12.0. The largest absolute Gasteiger partial charge is 0.328 e. The minimum absolute atomic E-state index is 0.168. The van der Waals surface area contributed by atoms with Crippen molar-refractivity contribution in [3.8, 4) is 0 Å². The lowest BCUT2D eigenvalue weighted by molar-refractivity contribution is 0.168. The topological polar surface area (TPSA) is 73.5 Å². The lowest BCUT2D eigenvalue weighted by Crippen LogP contribution is -2.45. The molecule has 0 aliphatic carbocycles. The summed E-state index contributed by atoms with van der Waals surface area (Å²) < 4.78 is 26.6. The van der Waals surface area contributed by atoms with Gasteiger partial charge >= 0.3 is 0 Å². The summed E-state index contributed by atoms with van der Waals surface area (Å²) in [4.78, 5) is 16.1. The third kappa shape index (κ3) is 3.04. The molecule has 2 aliphatic rings. The summed E-state index contributed by atoms with van der Waals surface area (Å²) in [5, 5.41) is 0. The predicted molar refractivity (Wildman–Crippen MR) is 79.7 cm³/mol. The van der Waals surface area contributed by atoms with Crippen LogP contribution in [0.5, 0.6) is 0 Å². The van der Waals surface area contributed by atoms with Crippen LogP contribution >= 0.6 is 0 Å². The first-order valence-corrected chi connectivity index (χ1v) is 8.94. The smallest absolute Gasteiger partial charge is 0.247 e. The zero-order valence-corrected chi connectivity index (χ0v) is 12.8. The first-order valence-electron chi connectivity index (χ1n) is 7.50. The average molecular weight is 311 g/mol. The number of hydrogen-bond acceptors (Lipinski definition) is 4. The Kier molecular flexibility index (Phi) is 4.14. The Morgan fingerprint density at radius 1 is 1.05 bits per heavy atom. The van der Waals surface area contributed by atoms with Gasteiger partial charge in [-0.05, 0) is 44.8 Å². The van der Waals surface area contributed by atoms with Gasteiger partial charge in [-0.1, -0.05) is 0 Å². The molecule has 116 valence electrons. The van der Waals surface area contributed by atoms with E-state index in [1.807, 2.05) is 0 Å². The van der Waals surface area contributed by atoms with Crippen LogP contribution in [0.2, 0.25) is 0 Å². The second kappa shape index (κ2) is 5.90. The number of rotatable bonds is 3. The summed E-state index contributed by atoms with van der Waals surface area (Å²) in [6, 6.07) is 3.15. The van der Waals surface area contributed by atoms with Gasteiger partial charge in [-0.3, -0.25) is 4.79 Å². The molecule has 2 fully saturated rings. The molecule has 0 bridgehead atoms. The van der Waals surface area contributed by atoms with Gasteiger partial charge in [0.15, 0.2) is 0 Å². The van der Waals surface area contributed by atoms with Gasteiger partial charge in [0.05, 0.1) is 4.90 Å². The van der Waals surface area contributed by atoms with Crippen LogP contribution in [0.15, 0.2) is 28.0 Å². The molecular formula is C14H21N3O3S. The van der Waals surface area contributed by atoms with Crippen LogP contribution in [-0.4, -0.2) is 54.8 Å². The second-order valence-electron chi connectivity index (χ2n) is 5.77. The Bertz CT molecular complexity index is 621. The highest BCUT2D eigenvalue weighted by molar-refractivity contribution is 7.89. The van der Waals surface area contributed by atoms with Crippen LogP contribution in [0, 0.1) is 0 Å². The van der Waals surface area contributed by atoms with Crippen molar-refractivity contribution in [2.75, 3.05) is 26.2 Å². The van der Waals surface area contributed by atoms with E-state index in [0.29, 0.717) is 19.1 Å². The van der Waals surface area contributed by atoms with E-state index in [1.54, 1.807) is 0 Å². The molecule has 1 N–H and O–H groups in total. The normalized spacial score (nSPS) is 22.7. The number of pyridine rings is 1. The average Bonchev–Trinajstić information content (AvgIpc) is 3.02. The van der Waals surface area contributed by atoms with Gasteiger partial charge < -0.3 is 9.88 Å². The maximum absolute atomic E-state index is 12.5. The molecule has 0 unspecified atom stereocenters. The fourth-order valence-corrected chi connectivity index (χ4v) is 4.70. The molecule has 7 heteroatoms. The van der Waals surface area contributed by atoms with Crippen molar-refractivity contribution in [3.63, 3.8) is 0 Å². The van der Waals surface area contributed by atoms with Gasteiger partial charge in [-0.2, -0.15) is 4.31 Å². The summed E-state index contributed by atoms with van der Waals surface area (Å²) in [5.74, 6) is 0. The van der Waals surface area contributed by atoms with Crippen LogP contribution in [0.4, 0.5) is 0 Å². The highest BCUT2D eigenvalue weighted by Gasteiger charge is 2.32. The van der Waals surface area contributed by atoms with Crippen LogP contribution in [0.1, 0.15) is 25.7 Å². The number of H-pyrrole nitrogens is 1. The molecule has 0 saturated carbocycles. The number of nitrogens with one attached hydrogen (secondary N) is 1. The van der Waals surface area contributed by atoms with E-state index in [2.05, 4.69) is 9.88 Å². The van der Waals surface area contributed by atoms with E-state index in [-0.39, 0.29) is 10.5 Å². The SMILES string of the molecule is O=c1ccc(S(=O)(=O)N2CCC(N3CCCC3)CC2)c[nH]1. The van der Waals surface area contributed by atoms with E-state index in [9.17, 15) is 13.2 Å². The Hall–Kier alpha value is -1.18. The molecule has 2 saturated heterocycles. The van der Waals surface area contributed by atoms with E-state index in [4.69, 9.17) is 0 Å². The van der Waals surface area contributed by atoms with Crippen molar-refractivity contribution < 1.29 is 8.42 Å². The van der Waals surface area contributed by atoms with Crippen molar-refractivity contribution in [1.82, 2.24) is 14.2 Å². The molecule has 1 aromatic rings. The van der Waals surface area contributed by atoms with Gasteiger partial charge in [0.2, 0.25) is 15.6 Å². The minimum atomic E-state index is -3.48. The summed E-state index contributed by atoms with van der Waals surface area (Å²) in [6.07, 6.45) is 5.58. The first kappa shape index (κ1) is 14.7. The number of sulfonamides is 1. The van der Waals surface area contributed by atoms with Crippen molar-refractivity contribution in [3.05, 3.63) is 28.7 Å². The second-order valence-corrected chi connectivity index (χ2v) is 7.70. The molecule has 0 aromatic carbocycles. The fraction of sp³-hybridized carbons (Fsp3) is 0.643. The molecule has 0 amide bonds. The Morgan fingerprint density at radius 2 is 1.71 bits per heavy atom. The standard InChI is InChI=1S/C14H21N3O3S/c18-14-4-3-13(11-15-14)21(19,20)17-9-5-12(6-10-17)16-7-1-2-8-16/h3-4,11-12H,1-2,5-10H2,(H,15,18). The number of piperidine rings is 1. The van der Waals surface area contributed by atoms with E-state index < -0.39 is 10.0 Å². The van der Waals surface area contributed by atoms with E-state index in [1.165, 1.54) is 35.5 Å². The number of aromatic amines is 1. The fourth-order valence-electron chi connectivity index (χ4n) is 3.26. The zero-order chi connectivity index (χ0) is 14.9. The summed E-state index contributed by atoms with van der Waals surface area (Å²) in [6.45, 7) is 3.42. The molecule has 2 aliphatic heterocycles. The minimum Gasteiger partial charge on any atom is -0.328 e. The van der Waals surface area contributed by atoms with Gasteiger partial charge in [-0.15, -0.1) is 0 Å². The quantitative estimate of drug-likeness (QED) is 0.888. The maximum atomic E-state index is 12.5. The molecule has 3 heterocycles. The van der Waals surface area contributed by atoms with E-state index in [0.717, 1.165) is 25.9 Å². The number of aromatic nitrogens is 1. The molecule has 0 radical (unpaired) electrons. The van der Waals surface area contributed by atoms with Crippen molar-refractivity contribution in [2.24, 2.45) is 0 Å². The van der Waals surface area contributed by atoms with Crippen LogP contribution in [0.25, 0.3) is 0 Å². The molecule has 1 aromatic heterocycles. The van der Waals surface area contributed by atoms with Crippen molar-refractivity contribution in [2.45, 2.75) is 36.6 Å². The van der Waals surface area contributed by atoms with Gasteiger partial charge in [0.1, 0.15) is 0 Å². The Morgan fingerprint density at radius 3 is 2.29 bits per heavy atom. The molecule has 6 nitrogen and oxygen atoms in total. The van der Waals surface area contributed by atoms with Crippen molar-refractivity contribution in [1.29, 1.82) is 0 Å². The summed E-state index contributed by atoms with van der Waals surface area (Å²) in [5.41, 5.74) is -0.290. The molecular weight excluding hydrogens is 290 g/mol. The van der Waals surface area contributed by atoms with Gasteiger partial charge in [0.25, 0.3) is 0 Å². The predicted octanol–water partition coefficient (Wildman–Crippen LogP) is 0.624. The molecule has 0 spiro atoms. The lowest BCUT2D eigenvalue weighted by Gasteiger charge is -2.35. The van der Waals surface area contributed by atoms with Crippen LogP contribution in [-0.2, 0) is 10.0 Å². The number of nitrogens with zero attached hydrogens (tertiary/aromatic N) is 2. The number of hydrogen-bond donors (Lipinski definition) is 1. The third-order valence-corrected chi connectivity index (χ3v) is 6.37. The monoisotopic (exact) mass is 311 g/mol. The summed E-state index contributed by atoms with van der Waals surface area (Å²) in [7, 11) is -3.48. The highest BCUT2D eigenvalue weighted by Crippen LogP contribution is 2.24. The Labute approximate surface area is 124 Å².